The molecule has 1 fully saturated rings. The van der Waals surface area contributed by atoms with E-state index in [4.69, 9.17) is 5.26 Å². The van der Waals surface area contributed by atoms with Crippen molar-refractivity contribution in [2.75, 3.05) is 6.54 Å². The van der Waals surface area contributed by atoms with Crippen LogP contribution in [-0.4, -0.2) is 38.9 Å². The van der Waals surface area contributed by atoms with E-state index < -0.39 is 6.04 Å². The summed E-state index contributed by atoms with van der Waals surface area (Å²) in [4.78, 5) is 32.3. The molecule has 36 heavy (non-hydrogen) atoms. The Morgan fingerprint density at radius 1 is 1.06 bits per heavy atom. The Kier molecular flexibility index (Phi) is 6.76. The lowest BCUT2D eigenvalue weighted by atomic mass is 10.0. The first-order chi connectivity index (χ1) is 17.6. The minimum atomic E-state index is -0.456. The highest BCUT2D eigenvalue weighted by Crippen LogP contribution is 2.21. The van der Waals surface area contributed by atoms with E-state index in [-0.39, 0.29) is 18.2 Å². The molecule has 1 atom stereocenters. The van der Waals surface area contributed by atoms with Gasteiger partial charge in [-0.25, -0.2) is 4.98 Å². The molecular formula is C29H27N5O2. The summed E-state index contributed by atoms with van der Waals surface area (Å²) in [6.45, 7) is 1.56. The van der Waals surface area contributed by atoms with Gasteiger partial charge in [-0.3, -0.25) is 9.59 Å². The number of carbonyl (C=O) groups excluding carboxylic acids is 2. The Labute approximate surface area is 210 Å². The van der Waals surface area contributed by atoms with E-state index in [1.54, 1.807) is 29.6 Å². The summed E-state index contributed by atoms with van der Waals surface area (Å²) in [7, 11) is 0. The summed E-state index contributed by atoms with van der Waals surface area (Å²) in [6, 6.07) is 23.2. The van der Waals surface area contributed by atoms with Gasteiger partial charge in [-0.2, -0.15) is 5.26 Å². The van der Waals surface area contributed by atoms with Gasteiger partial charge in [0.2, 0.25) is 11.8 Å². The molecule has 0 unspecified atom stereocenters. The monoisotopic (exact) mass is 477 g/mol. The number of likely N-dealkylation sites (tertiary alicyclic amines) is 1. The van der Waals surface area contributed by atoms with Gasteiger partial charge in [-0.1, -0.05) is 54.6 Å². The van der Waals surface area contributed by atoms with Gasteiger partial charge in [-0.15, -0.1) is 0 Å². The Balaban J connectivity index is 1.22. The van der Waals surface area contributed by atoms with Crippen LogP contribution in [0.4, 0.5) is 0 Å². The third-order valence-electron chi connectivity index (χ3n) is 6.78. The van der Waals surface area contributed by atoms with Crippen LogP contribution in [0, 0.1) is 11.3 Å². The minimum Gasteiger partial charge on any atom is -0.350 e. The maximum absolute atomic E-state index is 13.2. The molecule has 2 amide bonds. The summed E-state index contributed by atoms with van der Waals surface area (Å²) in [6.07, 6.45) is 5.07. The van der Waals surface area contributed by atoms with Crippen molar-refractivity contribution in [2.45, 2.75) is 38.4 Å². The van der Waals surface area contributed by atoms with Gasteiger partial charge in [0.25, 0.3) is 0 Å². The number of amides is 2. The van der Waals surface area contributed by atoms with Gasteiger partial charge in [0.15, 0.2) is 0 Å². The molecule has 2 heterocycles. The smallest absolute Gasteiger partial charge is 0.243 e. The van der Waals surface area contributed by atoms with Crippen LogP contribution >= 0.6 is 0 Å². The van der Waals surface area contributed by atoms with Crippen LogP contribution in [-0.2, 0) is 29.1 Å². The van der Waals surface area contributed by atoms with Crippen molar-refractivity contribution in [1.29, 1.82) is 5.26 Å². The zero-order valence-corrected chi connectivity index (χ0v) is 19.9. The quantitative estimate of drug-likeness (QED) is 0.438. The maximum atomic E-state index is 13.2. The lowest BCUT2D eigenvalue weighted by Crippen LogP contribution is -2.46. The molecule has 1 aromatic heterocycles. The van der Waals surface area contributed by atoms with E-state index in [0.717, 1.165) is 34.0 Å². The highest BCUT2D eigenvalue weighted by Gasteiger charge is 2.34. The molecule has 1 N–H and O–H groups in total. The van der Waals surface area contributed by atoms with E-state index in [1.165, 1.54) is 0 Å². The van der Waals surface area contributed by atoms with Gasteiger partial charge in [0.1, 0.15) is 6.04 Å². The first-order valence-electron chi connectivity index (χ1n) is 12.1. The highest BCUT2D eigenvalue weighted by molar-refractivity contribution is 5.90. The summed E-state index contributed by atoms with van der Waals surface area (Å²) in [5.41, 5.74) is 3.49. The highest BCUT2D eigenvalue weighted by atomic mass is 16.2. The van der Waals surface area contributed by atoms with E-state index in [0.29, 0.717) is 31.6 Å². The standard InChI is InChI=1S/C29H27N5O2/c30-16-21-10-12-22(13-11-21)19-33-20-31-18-25(33)15-28(35)34-14-4-9-27(34)29(36)32-17-24-7-3-6-23-5-1-2-8-26(23)24/h1-3,5-8,10-13,18,20,27H,4,9,14-15,17,19H2,(H,32,36)/t27-/m0/s1. The third kappa shape index (κ3) is 4.98. The lowest BCUT2D eigenvalue weighted by molar-refractivity contribution is -0.138. The van der Waals surface area contributed by atoms with Crippen LogP contribution in [0.25, 0.3) is 10.8 Å². The van der Waals surface area contributed by atoms with Crippen LogP contribution in [0.2, 0.25) is 0 Å². The number of rotatable bonds is 7. The molecule has 4 aromatic rings. The Hall–Kier alpha value is -4.44. The van der Waals surface area contributed by atoms with E-state index in [2.05, 4.69) is 34.6 Å². The van der Waals surface area contributed by atoms with Gasteiger partial charge >= 0.3 is 0 Å². The number of nitrogens with zero attached hydrogens (tertiary/aromatic N) is 4. The Morgan fingerprint density at radius 2 is 1.86 bits per heavy atom. The molecule has 0 radical (unpaired) electrons. The van der Waals surface area contributed by atoms with Crippen molar-refractivity contribution in [3.8, 4) is 6.07 Å². The SMILES string of the molecule is N#Cc1ccc(Cn2cncc2CC(=O)N2CCC[C@H]2C(=O)NCc2cccc3ccccc23)cc1. The largest absolute Gasteiger partial charge is 0.350 e. The average molecular weight is 478 g/mol. The number of imidazole rings is 1. The van der Waals surface area contributed by atoms with Crippen molar-refractivity contribution >= 4 is 22.6 Å². The number of carbonyl (C=O) groups is 2. The van der Waals surface area contributed by atoms with E-state index in [1.807, 2.05) is 41.0 Å². The van der Waals surface area contributed by atoms with Crippen LogP contribution in [0.5, 0.6) is 0 Å². The second-order valence-corrected chi connectivity index (χ2v) is 9.10. The van der Waals surface area contributed by atoms with Crippen LogP contribution in [0.3, 0.4) is 0 Å². The molecule has 5 rings (SSSR count). The predicted molar refractivity (Wildman–Crippen MR) is 137 cm³/mol. The average Bonchev–Trinajstić information content (AvgIpc) is 3.58. The molecule has 7 nitrogen and oxygen atoms in total. The van der Waals surface area contributed by atoms with Crippen molar-refractivity contribution in [3.63, 3.8) is 0 Å². The van der Waals surface area contributed by atoms with Crippen molar-refractivity contribution in [1.82, 2.24) is 19.8 Å². The molecule has 0 bridgehead atoms. The number of nitrogens with one attached hydrogen (secondary N) is 1. The molecular weight excluding hydrogens is 450 g/mol. The first kappa shape index (κ1) is 23.3. The number of nitriles is 1. The molecule has 7 heteroatoms. The van der Waals surface area contributed by atoms with Gasteiger partial charge in [0.05, 0.1) is 24.4 Å². The third-order valence-corrected chi connectivity index (χ3v) is 6.78. The van der Waals surface area contributed by atoms with E-state index >= 15 is 0 Å². The number of benzene rings is 3. The van der Waals surface area contributed by atoms with Crippen LogP contribution < -0.4 is 5.32 Å². The Morgan fingerprint density at radius 3 is 2.69 bits per heavy atom. The second kappa shape index (κ2) is 10.4. The molecule has 0 aliphatic carbocycles. The van der Waals surface area contributed by atoms with Crippen molar-refractivity contribution in [3.05, 3.63) is 102 Å². The van der Waals surface area contributed by atoms with Gasteiger partial charge in [0, 0.05) is 31.5 Å². The van der Waals surface area contributed by atoms with Gasteiger partial charge < -0.3 is 14.8 Å². The summed E-state index contributed by atoms with van der Waals surface area (Å²) >= 11 is 0. The summed E-state index contributed by atoms with van der Waals surface area (Å²) in [5.74, 6) is -0.181. The fourth-order valence-electron chi connectivity index (χ4n) is 4.86. The van der Waals surface area contributed by atoms with Crippen molar-refractivity contribution in [2.24, 2.45) is 0 Å². The molecule has 1 saturated heterocycles. The Bertz CT molecular complexity index is 1430. The van der Waals surface area contributed by atoms with Crippen LogP contribution in [0.15, 0.2) is 79.3 Å². The molecule has 1 aliphatic rings. The number of hydrogen-bond acceptors (Lipinski definition) is 4. The predicted octanol–water partition coefficient (Wildman–Crippen LogP) is 3.81. The fourth-order valence-corrected chi connectivity index (χ4v) is 4.86. The number of hydrogen-bond donors (Lipinski definition) is 1. The molecule has 3 aromatic carbocycles. The second-order valence-electron chi connectivity index (χ2n) is 9.10. The summed E-state index contributed by atoms with van der Waals surface area (Å²) in [5, 5.41) is 14.3. The maximum Gasteiger partial charge on any atom is 0.243 e. The van der Waals surface area contributed by atoms with Gasteiger partial charge in [-0.05, 0) is 46.9 Å². The molecule has 180 valence electrons. The minimum absolute atomic E-state index is 0.0700. The fraction of sp³-hybridized carbons (Fsp3) is 0.241. The lowest BCUT2D eigenvalue weighted by Gasteiger charge is -2.24. The zero-order chi connectivity index (χ0) is 24.9. The number of fused-ring (bicyclic) bond motifs is 1. The zero-order valence-electron chi connectivity index (χ0n) is 19.9. The molecule has 1 aliphatic heterocycles. The molecule has 0 saturated carbocycles. The van der Waals surface area contributed by atoms with E-state index in [9.17, 15) is 9.59 Å². The normalized spacial score (nSPS) is 15.1. The molecule has 0 spiro atoms. The van der Waals surface area contributed by atoms with Crippen molar-refractivity contribution < 1.29 is 9.59 Å². The first-order valence-corrected chi connectivity index (χ1v) is 12.1. The van der Waals surface area contributed by atoms with Crippen LogP contribution in [0.1, 0.15) is 35.2 Å². The topological polar surface area (TPSA) is 91.0 Å². The number of aromatic nitrogens is 2. The summed E-state index contributed by atoms with van der Waals surface area (Å²) < 4.78 is 1.94.